The highest BCUT2D eigenvalue weighted by Crippen LogP contribution is 2.40. The van der Waals surface area contributed by atoms with E-state index < -0.39 is 53.2 Å². The molecule has 2 aromatic carbocycles. The lowest BCUT2D eigenvalue weighted by molar-refractivity contribution is -0.159. The molecule has 4 unspecified atom stereocenters. The number of hydrogen-bond acceptors (Lipinski definition) is 7. The number of carbonyl (C=O) groups excluding carboxylic acids is 4. The van der Waals surface area contributed by atoms with E-state index in [0.717, 1.165) is 5.56 Å². The lowest BCUT2D eigenvalue weighted by Gasteiger charge is -2.37. The third kappa shape index (κ3) is 10.2. The van der Waals surface area contributed by atoms with Crippen LogP contribution in [0.2, 0.25) is 0 Å². The summed E-state index contributed by atoms with van der Waals surface area (Å²) in [5.41, 5.74) is -0.0358. The predicted molar refractivity (Wildman–Crippen MR) is 176 cm³/mol. The number of phenols is 1. The standard InChI is InChI=1S/C36H51N3O7/c1-10-22(2)28(38-34(44)46-36(7,8)9)32(42)39(25-19-20-25)29(26-18-14-15-23(3)30(26)40)31(41)37-27(33(43)45-35(4,5)6)21-24-16-12-11-13-17-24/h11-18,22,25,27-29,40H,10,19-21H2,1-9H3,(H,37,41)(H,38,44). The van der Waals surface area contributed by atoms with E-state index in [0.29, 0.717) is 24.8 Å². The smallest absolute Gasteiger partial charge is 0.408 e. The van der Waals surface area contributed by atoms with E-state index in [1.807, 2.05) is 44.2 Å². The molecule has 1 fully saturated rings. The van der Waals surface area contributed by atoms with Gasteiger partial charge in [0, 0.05) is 18.0 Å². The highest BCUT2D eigenvalue weighted by Gasteiger charge is 2.46. The molecule has 1 aliphatic rings. The molecule has 1 saturated carbocycles. The summed E-state index contributed by atoms with van der Waals surface area (Å²) in [6.07, 6.45) is 1.26. The minimum absolute atomic E-state index is 0.127. The van der Waals surface area contributed by atoms with E-state index >= 15 is 0 Å². The number of carbonyl (C=O) groups is 4. The molecule has 0 saturated heterocycles. The fourth-order valence-electron chi connectivity index (χ4n) is 5.14. The number of nitrogens with one attached hydrogen (secondary N) is 2. The lowest BCUT2D eigenvalue weighted by Crippen LogP contribution is -2.57. The lowest BCUT2D eigenvalue weighted by atomic mass is 9.94. The molecule has 46 heavy (non-hydrogen) atoms. The summed E-state index contributed by atoms with van der Waals surface area (Å²) >= 11 is 0. The number of esters is 1. The highest BCUT2D eigenvalue weighted by molar-refractivity contribution is 5.95. The minimum Gasteiger partial charge on any atom is -0.507 e. The zero-order valence-electron chi connectivity index (χ0n) is 28.7. The minimum atomic E-state index is -1.30. The molecule has 0 radical (unpaired) electrons. The van der Waals surface area contributed by atoms with Crippen LogP contribution in [-0.2, 0) is 30.3 Å². The molecular formula is C36H51N3O7. The number of alkyl carbamates (subject to hydrolysis) is 1. The van der Waals surface area contributed by atoms with Crippen LogP contribution in [-0.4, -0.2) is 63.2 Å². The number of hydrogen-bond donors (Lipinski definition) is 3. The Balaban J connectivity index is 2.09. The van der Waals surface area contributed by atoms with Crippen LogP contribution in [0, 0.1) is 12.8 Å². The second-order valence-corrected chi connectivity index (χ2v) is 14.2. The molecule has 3 amide bonds. The summed E-state index contributed by atoms with van der Waals surface area (Å²) in [5.74, 6) is -2.17. The van der Waals surface area contributed by atoms with Crippen molar-refractivity contribution < 1.29 is 33.8 Å². The molecule has 0 bridgehead atoms. The number of phenolic OH excluding ortho intramolecular Hbond substituents is 1. The van der Waals surface area contributed by atoms with Gasteiger partial charge < -0.3 is 30.1 Å². The average Bonchev–Trinajstić information content (AvgIpc) is 3.79. The molecule has 0 aromatic heterocycles. The largest absolute Gasteiger partial charge is 0.507 e. The number of para-hydroxylation sites is 1. The van der Waals surface area contributed by atoms with Gasteiger partial charge in [0.1, 0.15) is 35.1 Å². The first-order chi connectivity index (χ1) is 21.4. The third-order valence-electron chi connectivity index (χ3n) is 7.73. The van der Waals surface area contributed by atoms with Crippen LogP contribution in [0.15, 0.2) is 48.5 Å². The Morgan fingerprint density at radius 2 is 1.52 bits per heavy atom. The number of benzene rings is 2. The Morgan fingerprint density at radius 3 is 2.07 bits per heavy atom. The quantitative estimate of drug-likeness (QED) is 0.253. The maximum atomic E-state index is 14.5. The first kappa shape index (κ1) is 36.4. The van der Waals surface area contributed by atoms with Crippen LogP contribution in [0.1, 0.15) is 97.4 Å². The fourth-order valence-corrected chi connectivity index (χ4v) is 5.14. The summed E-state index contributed by atoms with van der Waals surface area (Å²) in [7, 11) is 0. The zero-order chi connectivity index (χ0) is 34.4. The van der Waals surface area contributed by atoms with Gasteiger partial charge in [-0.3, -0.25) is 9.59 Å². The Bertz CT molecular complexity index is 1380. The topological polar surface area (TPSA) is 134 Å². The predicted octanol–water partition coefficient (Wildman–Crippen LogP) is 5.74. The SMILES string of the molecule is CCC(C)C(NC(=O)OC(C)(C)C)C(=O)N(C1CC1)C(C(=O)NC(Cc1ccccc1)C(=O)OC(C)(C)C)c1cccc(C)c1O. The summed E-state index contributed by atoms with van der Waals surface area (Å²) < 4.78 is 11.2. The molecule has 3 rings (SSSR count). The van der Waals surface area contributed by atoms with Crippen LogP contribution < -0.4 is 10.6 Å². The Kier molecular flexibility index (Phi) is 11.9. The molecule has 10 heteroatoms. The molecule has 0 aliphatic heterocycles. The Labute approximate surface area is 273 Å². The van der Waals surface area contributed by atoms with Crippen molar-refractivity contribution in [2.75, 3.05) is 0 Å². The van der Waals surface area contributed by atoms with Crippen molar-refractivity contribution >= 4 is 23.9 Å². The molecule has 0 spiro atoms. The van der Waals surface area contributed by atoms with E-state index in [1.165, 1.54) is 4.90 Å². The second-order valence-electron chi connectivity index (χ2n) is 14.2. The van der Waals surface area contributed by atoms with Gasteiger partial charge >= 0.3 is 12.1 Å². The van der Waals surface area contributed by atoms with Crippen molar-refractivity contribution in [3.8, 4) is 5.75 Å². The summed E-state index contributed by atoms with van der Waals surface area (Å²) in [6, 6.07) is 10.6. The monoisotopic (exact) mass is 637 g/mol. The molecular weight excluding hydrogens is 586 g/mol. The van der Waals surface area contributed by atoms with Gasteiger partial charge in [-0.2, -0.15) is 0 Å². The summed E-state index contributed by atoms with van der Waals surface area (Å²) in [6.45, 7) is 15.9. The van der Waals surface area contributed by atoms with Crippen molar-refractivity contribution in [2.24, 2.45) is 5.92 Å². The van der Waals surface area contributed by atoms with Crippen LogP contribution in [0.25, 0.3) is 0 Å². The Hall–Kier alpha value is -4.08. The molecule has 1 aliphatic carbocycles. The van der Waals surface area contributed by atoms with Gasteiger partial charge in [0.2, 0.25) is 11.8 Å². The van der Waals surface area contributed by atoms with Gasteiger partial charge in [-0.15, -0.1) is 0 Å². The number of amides is 3. The van der Waals surface area contributed by atoms with E-state index in [-0.39, 0.29) is 29.7 Å². The molecule has 2 aromatic rings. The van der Waals surface area contributed by atoms with Crippen molar-refractivity contribution in [1.29, 1.82) is 0 Å². The zero-order valence-corrected chi connectivity index (χ0v) is 28.7. The molecule has 4 atom stereocenters. The Morgan fingerprint density at radius 1 is 0.913 bits per heavy atom. The number of ether oxygens (including phenoxy) is 2. The second kappa shape index (κ2) is 15.0. The van der Waals surface area contributed by atoms with Gasteiger partial charge in [-0.1, -0.05) is 68.8 Å². The van der Waals surface area contributed by atoms with Gasteiger partial charge in [0.05, 0.1) is 0 Å². The van der Waals surface area contributed by atoms with Gasteiger partial charge in [0.25, 0.3) is 0 Å². The maximum absolute atomic E-state index is 14.5. The molecule has 10 nitrogen and oxygen atoms in total. The third-order valence-corrected chi connectivity index (χ3v) is 7.73. The van der Waals surface area contributed by atoms with Gasteiger partial charge in [-0.25, -0.2) is 9.59 Å². The van der Waals surface area contributed by atoms with E-state index in [4.69, 9.17) is 9.47 Å². The number of rotatable bonds is 12. The molecule has 3 N–H and O–H groups in total. The number of aromatic hydroxyl groups is 1. The maximum Gasteiger partial charge on any atom is 0.408 e. The van der Waals surface area contributed by atoms with Crippen molar-refractivity contribution in [3.63, 3.8) is 0 Å². The van der Waals surface area contributed by atoms with Crippen LogP contribution >= 0.6 is 0 Å². The number of aryl methyl sites for hydroxylation is 1. The van der Waals surface area contributed by atoms with Gasteiger partial charge in [0.15, 0.2) is 0 Å². The summed E-state index contributed by atoms with van der Waals surface area (Å²) in [4.78, 5) is 56.9. The fraction of sp³-hybridized carbons (Fsp3) is 0.556. The normalized spacial score (nSPS) is 15.9. The van der Waals surface area contributed by atoms with E-state index in [9.17, 15) is 24.3 Å². The first-order valence-corrected chi connectivity index (χ1v) is 16.1. The highest BCUT2D eigenvalue weighted by atomic mass is 16.6. The van der Waals surface area contributed by atoms with Crippen LogP contribution in [0.3, 0.4) is 0 Å². The van der Waals surface area contributed by atoms with Crippen LogP contribution in [0.4, 0.5) is 4.79 Å². The van der Waals surface area contributed by atoms with Crippen molar-refractivity contribution in [1.82, 2.24) is 15.5 Å². The molecule has 252 valence electrons. The van der Waals surface area contributed by atoms with Gasteiger partial charge in [-0.05, 0) is 78.4 Å². The van der Waals surface area contributed by atoms with E-state index in [2.05, 4.69) is 10.6 Å². The van der Waals surface area contributed by atoms with Crippen molar-refractivity contribution in [3.05, 3.63) is 65.2 Å². The van der Waals surface area contributed by atoms with Crippen LogP contribution in [0.5, 0.6) is 5.75 Å². The average molecular weight is 638 g/mol. The summed E-state index contributed by atoms with van der Waals surface area (Å²) in [5, 5.41) is 16.9. The van der Waals surface area contributed by atoms with E-state index in [1.54, 1.807) is 66.7 Å². The van der Waals surface area contributed by atoms with Crippen molar-refractivity contribution in [2.45, 2.75) is 123 Å². The first-order valence-electron chi connectivity index (χ1n) is 16.1. The molecule has 0 heterocycles. The number of nitrogens with zero attached hydrogens (tertiary/aromatic N) is 1.